The zero-order valence-corrected chi connectivity index (χ0v) is 14.0. The number of anilines is 1. The summed E-state index contributed by atoms with van der Waals surface area (Å²) in [6.45, 7) is 1.61. The van der Waals surface area contributed by atoms with Crippen LogP contribution in [0.2, 0.25) is 0 Å². The molecule has 1 aromatic carbocycles. The molecule has 1 aliphatic carbocycles. The number of thiazole rings is 1. The van der Waals surface area contributed by atoms with Gasteiger partial charge in [-0.2, -0.15) is 0 Å². The summed E-state index contributed by atoms with van der Waals surface area (Å²) in [5.74, 6) is 0.615. The Balaban J connectivity index is 1.55. The van der Waals surface area contributed by atoms with E-state index in [2.05, 4.69) is 15.6 Å². The summed E-state index contributed by atoms with van der Waals surface area (Å²) in [5.41, 5.74) is 1.13. The Kier molecular flexibility index (Phi) is 3.83. The molecule has 4 rings (SSSR count). The zero-order chi connectivity index (χ0) is 15.9. The fourth-order valence-corrected chi connectivity index (χ4v) is 4.30. The van der Waals surface area contributed by atoms with E-state index in [1.807, 2.05) is 18.2 Å². The lowest BCUT2D eigenvalue weighted by atomic mass is 9.91. The van der Waals surface area contributed by atoms with Gasteiger partial charge in [-0.1, -0.05) is 0 Å². The van der Waals surface area contributed by atoms with Gasteiger partial charge in [-0.25, -0.2) is 4.98 Å². The Hall–Kier alpha value is -1.50. The van der Waals surface area contributed by atoms with Crippen molar-refractivity contribution < 1.29 is 9.53 Å². The first-order valence-electron chi connectivity index (χ1n) is 8.18. The number of fused-ring (bicyclic) bond motifs is 1. The molecule has 122 valence electrons. The molecular formula is C17H21N3O2S. The Bertz CT molecular complexity index is 733. The fraction of sp³-hybridized carbons (Fsp3) is 0.529. The van der Waals surface area contributed by atoms with Crippen LogP contribution in [0.5, 0.6) is 0 Å². The molecular weight excluding hydrogens is 310 g/mol. The van der Waals surface area contributed by atoms with E-state index in [0.29, 0.717) is 18.8 Å². The SMILES string of the molecule is COC1(C(=O)Nc2ccc3nc(C4CC4)sc3c2)CCNCC1. The van der Waals surface area contributed by atoms with Crippen molar-refractivity contribution in [3.8, 4) is 0 Å². The van der Waals surface area contributed by atoms with Crippen LogP contribution in [-0.4, -0.2) is 36.7 Å². The number of nitrogens with one attached hydrogen (secondary N) is 2. The van der Waals surface area contributed by atoms with Crippen LogP contribution in [0, 0.1) is 0 Å². The van der Waals surface area contributed by atoms with Crippen LogP contribution in [0.3, 0.4) is 0 Å². The first-order valence-corrected chi connectivity index (χ1v) is 9.00. The molecule has 0 spiro atoms. The molecule has 2 aliphatic rings. The molecule has 0 bridgehead atoms. The number of methoxy groups -OCH3 is 1. The molecule has 23 heavy (non-hydrogen) atoms. The fourth-order valence-electron chi connectivity index (χ4n) is 3.12. The highest BCUT2D eigenvalue weighted by Gasteiger charge is 2.39. The predicted octanol–water partition coefficient (Wildman–Crippen LogP) is 2.88. The van der Waals surface area contributed by atoms with Crippen molar-refractivity contribution >= 4 is 33.1 Å². The third-order valence-electron chi connectivity index (χ3n) is 4.81. The Morgan fingerprint density at radius 2 is 2.17 bits per heavy atom. The second-order valence-corrected chi connectivity index (χ2v) is 7.47. The molecule has 0 radical (unpaired) electrons. The van der Waals surface area contributed by atoms with Gasteiger partial charge in [0.2, 0.25) is 0 Å². The third-order valence-corrected chi connectivity index (χ3v) is 5.99. The summed E-state index contributed by atoms with van der Waals surface area (Å²) in [7, 11) is 1.62. The zero-order valence-electron chi connectivity index (χ0n) is 13.2. The number of benzene rings is 1. The molecule has 1 saturated carbocycles. The summed E-state index contributed by atoms with van der Waals surface area (Å²) in [6, 6.07) is 5.96. The van der Waals surface area contributed by atoms with E-state index in [9.17, 15) is 4.79 Å². The molecule has 1 aromatic heterocycles. The van der Waals surface area contributed by atoms with E-state index in [4.69, 9.17) is 4.74 Å². The van der Waals surface area contributed by atoms with Crippen LogP contribution in [0.15, 0.2) is 18.2 Å². The van der Waals surface area contributed by atoms with E-state index in [1.54, 1.807) is 18.4 Å². The quantitative estimate of drug-likeness (QED) is 0.904. The maximum atomic E-state index is 12.7. The van der Waals surface area contributed by atoms with Gasteiger partial charge in [0.05, 0.1) is 15.2 Å². The van der Waals surface area contributed by atoms with Crippen LogP contribution < -0.4 is 10.6 Å². The molecule has 0 atom stereocenters. The normalized spacial score (nSPS) is 20.6. The van der Waals surface area contributed by atoms with Crippen molar-refractivity contribution in [2.24, 2.45) is 0 Å². The lowest BCUT2D eigenvalue weighted by Crippen LogP contribution is -2.51. The summed E-state index contributed by atoms with van der Waals surface area (Å²) in [5, 5.41) is 7.54. The minimum absolute atomic E-state index is 0.0484. The third kappa shape index (κ3) is 2.86. The number of piperidine rings is 1. The minimum atomic E-state index is -0.715. The second kappa shape index (κ2) is 5.85. The van der Waals surface area contributed by atoms with Crippen LogP contribution in [-0.2, 0) is 9.53 Å². The molecule has 2 fully saturated rings. The van der Waals surface area contributed by atoms with Gasteiger partial charge in [0.15, 0.2) is 0 Å². The van der Waals surface area contributed by atoms with Gasteiger partial charge in [0.1, 0.15) is 5.60 Å². The van der Waals surface area contributed by atoms with E-state index < -0.39 is 5.60 Å². The first kappa shape index (κ1) is 15.1. The van der Waals surface area contributed by atoms with Crippen LogP contribution in [0.25, 0.3) is 10.2 Å². The molecule has 2 aromatic rings. The van der Waals surface area contributed by atoms with Gasteiger partial charge in [-0.3, -0.25) is 4.79 Å². The summed E-state index contributed by atoms with van der Waals surface area (Å²) in [6.07, 6.45) is 3.91. The van der Waals surface area contributed by atoms with Gasteiger partial charge >= 0.3 is 0 Å². The minimum Gasteiger partial charge on any atom is -0.368 e. The van der Waals surface area contributed by atoms with E-state index >= 15 is 0 Å². The number of amides is 1. The summed E-state index contributed by atoms with van der Waals surface area (Å²) in [4.78, 5) is 17.4. The molecule has 6 heteroatoms. The van der Waals surface area contributed by atoms with Crippen molar-refractivity contribution in [1.29, 1.82) is 0 Å². The predicted molar refractivity (Wildman–Crippen MR) is 92.1 cm³/mol. The average Bonchev–Trinajstić information content (AvgIpc) is 3.35. The molecule has 5 nitrogen and oxygen atoms in total. The molecule has 2 heterocycles. The Morgan fingerprint density at radius 3 is 2.87 bits per heavy atom. The number of hydrogen-bond donors (Lipinski definition) is 2. The van der Waals surface area contributed by atoms with E-state index in [1.165, 1.54) is 17.8 Å². The van der Waals surface area contributed by atoms with Crippen molar-refractivity contribution in [3.63, 3.8) is 0 Å². The second-order valence-electron chi connectivity index (χ2n) is 6.41. The lowest BCUT2D eigenvalue weighted by Gasteiger charge is -2.34. The lowest BCUT2D eigenvalue weighted by molar-refractivity contribution is -0.140. The van der Waals surface area contributed by atoms with Gasteiger partial charge in [0.25, 0.3) is 5.91 Å². The smallest absolute Gasteiger partial charge is 0.256 e. The topological polar surface area (TPSA) is 63.2 Å². The number of carbonyl (C=O) groups excluding carboxylic acids is 1. The number of ether oxygens (including phenoxy) is 1. The summed E-state index contributed by atoms with van der Waals surface area (Å²) < 4.78 is 6.72. The molecule has 1 aliphatic heterocycles. The number of rotatable bonds is 4. The first-order chi connectivity index (χ1) is 11.2. The highest BCUT2D eigenvalue weighted by Crippen LogP contribution is 2.43. The van der Waals surface area contributed by atoms with Crippen LogP contribution in [0.1, 0.15) is 36.6 Å². The molecule has 1 saturated heterocycles. The van der Waals surface area contributed by atoms with Gasteiger partial charge in [-0.15, -0.1) is 11.3 Å². The maximum Gasteiger partial charge on any atom is 0.256 e. The van der Waals surface area contributed by atoms with E-state index in [0.717, 1.165) is 29.0 Å². The van der Waals surface area contributed by atoms with Crippen molar-refractivity contribution in [2.75, 3.05) is 25.5 Å². The summed E-state index contributed by atoms with van der Waals surface area (Å²) >= 11 is 1.75. The van der Waals surface area contributed by atoms with Gasteiger partial charge in [-0.05, 0) is 57.0 Å². The standard InChI is InChI=1S/C17H21N3O2S/c1-22-17(6-8-18-9-7-17)16(21)19-12-4-5-13-14(10-12)23-15(20-13)11-2-3-11/h4-5,10-11,18H,2-3,6-9H2,1H3,(H,19,21). The highest BCUT2D eigenvalue weighted by molar-refractivity contribution is 7.18. The van der Waals surface area contributed by atoms with Crippen LogP contribution >= 0.6 is 11.3 Å². The largest absolute Gasteiger partial charge is 0.368 e. The maximum absolute atomic E-state index is 12.7. The number of hydrogen-bond acceptors (Lipinski definition) is 5. The van der Waals surface area contributed by atoms with Crippen LogP contribution in [0.4, 0.5) is 5.69 Å². The molecule has 2 N–H and O–H groups in total. The highest BCUT2D eigenvalue weighted by atomic mass is 32.1. The number of aromatic nitrogens is 1. The Labute approximate surface area is 139 Å². The molecule has 1 amide bonds. The van der Waals surface area contributed by atoms with Gasteiger partial charge < -0.3 is 15.4 Å². The molecule has 0 unspecified atom stereocenters. The average molecular weight is 331 g/mol. The Morgan fingerprint density at radius 1 is 1.39 bits per heavy atom. The van der Waals surface area contributed by atoms with Crippen molar-refractivity contribution in [3.05, 3.63) is 23.2 Å². The van der Waals surface area contributed by atoms with Gasteiger partial charge in [0, 0.05) is 18.7 Å². The van der Waals surface area contributed by atoms with Crippen molar-refractivity contribution in [2.45, 2.75) is 37.2 Å². The monoisotopic (exact) mass is 331 g/mol. The number of carbonyl (C=O) groups is 1. The number of nitrogens with zero attached hydrogens (tertiary/aromatic N) is 1. The van der Waals surface area contributed by atoms with Crippen molar-refractivity contribution in [1.82, 2.24) is 10.3 Å². The van der Waals surface area contributed by atoms with E-state index in [-0.39, 0.29) is 5.91 Å².